The predicted octanol–water partition coefficient (Wildman–Crippen LogP) is 2.69. The van der Waals surface area contributed by atoms with Crippen molar-refractivity contribution < 1.29 is 9.53 Å². The monoisotopic (exact) mass is 389 g/mol. The van der Waals surface area contributed by atoms with Crippen LogP contribution in [0.4, 0.5) is 0 Å². The first-order valence-corrected chi connectivity index (χ1v) is 9.66. The van der Waals surface area contributed by atoms with E-state index < -0.39 is 0 Å². The summed E-state index contributed by atoms with van der Waals surface area (Å²) in [4.78, 5) is 27.3. The first-order chi connectivity index (χ1) is 14.1. The molecule has 0 N–H and O–H groups in total. The van der Waals surface area contributed by atoms with Gasteiger partial charge in [-0.1, -0.05) is 42.5 Å². The Morgan fingerprint density at radius 1 is 1.10 bits per heavy atom. The zero-order valence-corrected chi connectivity index (χ0v) is 16.4. The summed E-state index contributed by atoms with van der Waals surface area (Å²) in [5, 5.41) is 4.11. The van der Waals surface area contributed by atoms with Gasteiger partial charge in [0.25, 0.3) is 5.56 Å². The molecule has 29 heavy (non-hydrogen) atoms. The maximum Gasteiger partial charge on any atom is 0.270 e. The number of benzene rings is 2. The maximum absolute atomic E-state index is 12.7. The van der Waals surface area contributed by atoms with Crippen LogP contribution in [0.5, 0.6) is 5.75 Å². The summed E-state index contributed by atoms with van der Waals surface area (Å²) in [5.41, 5.74) is 3.73. The fraction of sp³-hybridized carbons (Fsp3) is 0.261. The molecule has 2 aromatic carbocycles. The molecule has 1 aliphatic heterocycles. The first-order valence-electron chi connectivity index (χ1n) is 9.66. The Bertz CT molecular complexity index is 1080. The minimum absolute atomic E-state index is 0.0868. The minimum atomic E-state index is -0.358. The highest BCUT2D eigenvalue weighted by atomic mass is 16.5. The van der Waals surface area contributed by atoms with Crippen molar-refractivity contribution in [3.63, 3.8) is 0 Å². The highest BCUT2D eigenvalue weighted by molar-refractivity contribution is 5.96. The van der Waals surface area contributed by atoms with E-state index in [9.17, 15) is 9.59 Å². The molecule has 4 rings (SSSR count). The van der Waals surface area contributed by atoms with E-state index in [0.29, 0.717) is 17.9 Å². The average Bonchev–Trinajstić information content (AvgIpc) is 2.74. The highest BCUT2D eigenvalue weighted by Crippen LogP contribution is 2.20. The molecule has 6 heteroatoms. The van der Waals surface area contributed by atoms with Gasteiger partial charge in [0.2, 0.25) is 0 Å². The Hall–Kier alpha value is -3.25. The summed E-state index contributed by atoms with van der Waals surface area (Å²) in [6.07, 6.45) is 2.40. The third kappa shape index (κ3) is 4.60. The highest BCUT2D eigenvalue weighted by Gasteiger charge is 2.16. The number of hydrogen-bond acceptors (Lipinski definition) is 5. The van der Waals surface area contributed by atoms with Crippen LogP contribution in [0, 0.1) is 0 Å². The van der Waals surface area contributed by atoms with Crippen LogP contribution in [0.1, 0.15) is 27.0 Å². The Morgan fingerprint density at radius 2 is 1.93 bits per heavy atom. The lowest BCUT2D eigenvalue weighted by molar-refractivity contribution is 0.0965. The molecule has 0 aliphatic carbocycles. The smallest absolute Gasteiger partial charge is 0.270 e. The molecule has 6 nitrogen and oxygen atoms in total. The Balaban J connectivity index is 1.43. The van der Waals surface area contributed by atoms with E-state index in [-0.39, 0.29) is 17.9 Å². The van der Waals surface area contributed by atoms with Gasteiger partial charge in [0.05, 0.1) is 6.20 Å². The number of carbonyl (C=O) groups is 1. The zero-order valence-electron chi connectivity index (χ0n) is 16.4. The van der Waals surface area contributed by atoms with Crippen LogP contribution in [0.2, 0.25) is 0 Å². The molecule has 0 radical (unpaired) electrons. The number of carbonyl (C=O) groups excluding carboxylic acids is 1. The SMILES string of the molecule is CN1CCc2cc(C(=O)Cn3ncc(OCc4ccccc4)cc3=O)ccc2C1. The second-order valence-corrected chi connectivity index (χ2v) is 7.36. The Kier molecular flexibility index (Phi) is 5.53. The molecular weight excluding hydrogens is 366 g/mol. The molecule has 3 aromatic rings. The summed E-state index contributed by atoms with van der Waals surface area (Å²) < 4.78 is 6.80. The average molecular weight is 389 g/mol. The third-order valence-electron chi connectivity index (χ3n) is 5.12. The summed E-state index contributed by atoms with van der Waals surface area (Å²) in [6, 6.07) is 16.9. The van der Waals surface area contributed by atoms with Crippen LogP contribution >= 0.6 is 0 Å². The lowest BCUT2D eigenvalue weighted by Gasteiger charge is -2.25. The van der Waals surface area contributed by atoms with Crippen molar-refractivity contribution in [3.05, 3.63) is 93.4 Å². The lowest BCUT2D eigenvalue weighted by Crippen LogP contribution is -2.28. The largest absolute Gasteiger partial charge is 0.487 e. The topological polar surface area (TPSA) is 64.4 Å². The number of hydrogen-bond donors (Lipinski definition) is 0. The van der Waals surface area contributed by atoms with E-state index in [2.05, 4.69) is 17.0 Å². The molecule has 0 saturated heterocycles. The van der Waals surface area contributed by atoms with Gasteiger partial charge in [0, 0.05) is 24.7 Å². The second-order valence-electron chi connectivity index (χ2n) is 7.36. The maximum atomic E-state index is 12.7. The Labute approximate surface area is 169 Å². The number of ketones is 1. The van der Waals surface area contributed by atoms with Gasteiger partial charge in [-0.3, -0.25) is 9.59 Å². The standard InChI is InChI=1S/C23H23N3O3/c1-25-10-9-18-11-19(7-8-20(18)14-25)22(27)15-26-23(28)12-21(13-24-26)29-16-17-5-3-2-4-6-17/h2-8,11-13H,9-10,14-16H2,1H3. The van der Waals surface area contributed by atoms with E-state index in [0.717, 1.165) is 25.1 Å². The summed E-state index contributed by atoms with van der Waals surface area (Å²) >= 11 is 0. The van der Waals surface area contributed by atoms with Gasteiger partial charge in [-0.25, -0.2) is 4.68 Å². The third-order valence-corrected chi connectivity index (χ3v) is 5.12. The van der Waals surface area contributed by atoms with Crippen molar-refractivity contribution >= 4 is 5.78 Å². The molecule has 0 unspecified atom stereocenters. The van der Waals surface area contributed by atoms with Crippen LogP contribution in [-0.2, 0) is 26.1 Å². The summed E-state index contributed by atoms with van der Waals surface area (Å²) in [6.45, 7) is 2.15. The number of rotatable bonds is 6. The molecule has 0 fully saturated rings. The normalized spacial score (nSPS) is 13.7. The van der Waals surface area contributed by atoms with Crippen LogP contribution in [-0.4, -0.2) is 34.1 Å². The number of likely N-dealkylation sites (N-methyl/N-ethyl adjacent to an activating group) is 1. The molecule has 1 aromatic heterocycles. The van der Waals surface area contributed by atoms with Gasteiger partial charge < -0.3 is 9.64 Å². The van der Waals surface area contributed by atoms with Crippen LogP contribution in [0.25, 0.3) is 0 Å². The predicted molar refractivity (Wildman–Crippen MR) is 110 cm³/mol. The van der Waals surface area contributed by atoms with E-state index in [1.807, 2.05) is 48.5 Å². The molecule has 2 heterocycles. The molecule has 0 amide bonds. The van der Waals surface area contributed by atoms with Crippen LogP contribution in [0.15, 0.2) is 65.6 Å². The van der Waals surface area contributed by atoms with Crippen LogP contribution < -0.4 is 10.3 Å². The van der Waals surface area contributed by atoms with Crippen molar-refractivity contribution in [3.8, 4) is 5.75 Å². The lowest BCUT2D eigenvalue weighted by atomic mass is 9.96. The van der Waals surface area contributed by atoms with Crippen molar-refractivity contribution in [2.45, 2.75) is 26.1 Å². The van der Waals surface area contributed by atoms with E-state index in [1.165, 1.54) is 28.1 Å². The number of ether oxygens (including phenoxy) is 1. The molecular formula is C23H23N3O3. The number of fused-ring (bicyclic) bond motifs is 1. The number of Topliss-reactive ketones (excluding diaryl/α,β-unsaturated/α-hetero) is 1. The van der Waals surface area contributed by atoms with Crippen molar-refractivity contribution in [2.75, 3.05) is 13.6 Å². The molecule has 0 spiro atoms. The van der Waals surface area contributed by atoms with Gasteiger partial charge >= 0.3 is 0 Å². The van der Waals surface area contributed by atoms with Gasteiger partial charge in [-0.05, 0) is 36.2 Å². The van der Waals surface area contributed by atoms with E-state index in [1.54, 1.807) is 0 Å². The van der Waals surface area contributed by atoms with E-state index >= 15 is 0 Å². The second kappa shape index (κ2) is 8.41. The molecule has 148 valence electrons. The fourth-order valence-electron chi connectivity index (χ4n) is 3.45. The molecule has 0 atom stereocenters. The van der Waals surface area contributed by atoms with E-state index in [4.69, 9.17) is 4.74 Å². The summed E-state index contributed by atoms with van der Waals surface area (Å²) in [7, 11) is 2.09. The Morgan fingerprint density at radius 3 is 2.72 bits per heavy atom. The first kappa shape index (κ1) is 19.1. The minimum Gasteiger partial charge on any atom is -0.487 e. The van der Waals surface area contributed by atoms with Gasteiger partial charge in [-0.2, -0.15) is 5.10 Å². The van der Waals surface area contributed by atoms with Gasteiger partial charge in [-0.15, -0.1) is 0 Å². The van der Waals surface area contributed by atoms with Crippen molar-refractivity contribution in [1.82, 2.24) is 14.7 Å². The molecule has 0 bridgehead atoms. The van der Waals surface area contributed by atoms with Gasteiger partial charge in [0.1, 0.15) is 18.9 Å². The molecule has 0 saturated carbocycles. The van der Waals surface area contributed by atoms with Crippen molar-refractivity contribution in [1.29, 1.82) is 0 Å². The summed E-state index contributed by atoms with van der Waals surface area (Å²) in [5.74, 6) is 0.264. The number of nitrogens with zero attached hydrogens (tertiary/aromatic N) is 3. The van der Waals surface area contributed by atoms with Crippen molar-refractivity contribution in [2.24, 2.45) is 0 Å². The zero-order chi connectivity index (χ0) is 20.2. The fourth-order valence-corrected chi connectivity index (χ4v) is 3.45. The van der Waals surface area contributed by atoms with Gasteiger partial charge in [0.15, 0.2) is 5.78 Å². The quantitative estimate of drug-likeness (QED) is 0.607. The molecule has 1 aliphatic rings. The number of aromatic nitrogens is 2. The van der Waals surface area contributed by atoms with Crippen LogP contribution in [0.3, 0.4) is 0 Å².